The van der Waals surface area contributed by atoms with Gasteiger partial charge in [-0.15, -0.1) is 6.58 Å². The van der Waals surface area contributed by atoms with Crippen LogP contribution in [-0.4, -0.2) is 64.6 Å². The first-order valence-corrected chi connectivity index (χ1v) is 14.4. The number of carbonyl (C=O) groups is 2. The molecule has 8 heteroatoms. The van der Waals surface area contributed by atoms with Crippen molar-refractivity contribution in [3.05, 3.63) is 24.3 Å². The quantitative estimate of drug-likeness (QED) is 0.406. The molecule has 1 aliphatic heterocycles. The molecular weight excluding hydrogens is 488 g/mol. The van der Waals surface area contributed by atoms with Crippen molar-refractivity contribution >= 4 is 11.9 Å². The van der Waals surface area contributed by atoms with Crippen LogP contribution in [0.25, 0.3) is 0 Å². The lowest BCUT2D eigenvalue weighted by molar-refractivity contribution is -0.308. The summed E-state index contributed by atoms with van der Waals surface area (Å²) in [5, 5.41) is 21.2. The van der Waals surface area contributed by atoms with E-state index in [1.807, 2.05) is 0 Å². The number of hydrogen-bond donors (Lipinski definition) is 2. The van der Waals surface area contributed by atoms with Crippen LogP contribution in [-0.2, 0) is 28.5 Å². The second kappa shape index (κ2) is 10.3. The minimum Gasteiger partial charge on any atom is -0.457 e. The van der Waals surface area contributed by atoms with Gasteiger partial charge in [0.2, 0.25) is 0 Å². The van der Waals surface area contributed by atoms with Crippen LogP contribution in [0, 0.1) is 29.1 Å². The van der Waals surface area contributed by atoms with Crippen LogP contribution in [0.3, 0.4) is 0 Å². The Morgan fingerprint density at radius 2 is 1.84 bits per heavy atom. The Morgan fingerprint density at radius 3 is 2.53 bits per heavy atom. The van der Waals surface area contributed by atoms with E-state index in [9.17, 15) is 19.8 Å². The zero-order valence-corrected chi connectivity index (χ0v) is 23.1. The van der Waals surface area contributed by atoms with E-state index in [-0.39, 0.29) is 23.4 Å². The fraction of sp³-hybridized carbons (Fsp3) is 0.800. The molecule has 1 saturated heterocycles. The first-order chi connectivity index (χ1) is 18.0. The number of hydrogen-bond acceptors (Lipinski definition) is 8. The molecule has 212 valence electrons. The van der Waals surface area contributed by atoms with Crippen molar-refractivity contribution in [1.82, 2.24) is 0 Å². The number of carbonyl (C=O) groups excluding carboxylic acids is 2. The highest BCUT2D eigenvalue weighted by Gasteiger charge is 2.61. The fourth-order valence-corrected chi connectivity index (χ4v) is 8.83. The molecule has 5 aliphatic rings. The van der Waals surface area contributed by atoms with Gasteiger partial charge in [-0.3, -0.25) is 9.59 Å². The number of rotatable bonds is 5. The van der Waals surface area contributed by atoms with E-state index in [2.05, 4.69) is 25.7 Å². The first kappa shape index (κ1) is 27.8. The number of fused-ring (bicyclic) bond motifs is 5. The molecule has 0 aromatic rings. The van der Waals surface area contributed by atoms with Crippen LogP contribution in [0.5, 0.6) is 0 Å². The summed E-state index contributed by atoms with van der Waals surface area (Å²) in [4.78, 5) is 24.0. The maximum Gasteiger partial charge on any atom is 0.303 e. The average molecular weight is 533 g/mol. The highest BCUT2D eigenvalue weighted by Crippen LogP contribution is 2.65. The molecular formula is C30H44O8. The molecule has 4 aliphatic carbocycles. The lowest BCUT2D eigenvalue weighted by Crippen LogP contribution is -2.60. The van der Waals surface area contributed by atoms with Crippen molar-refractivity contribution in [2.45, 2.75) is 121 Å². The molecule has 0 bridgehead atoms. The number of aliphatic hydroxyl groups excluding tert-OH is 2. The van der Waals surface area contributed by atoms with Gasteiger partial charge < -0.3 is 29.2 Å². The highest BCUT2D eigenvalue weighted by molar-refractivity contribution is 5.67. The lowest BCUT2D eigenvalue weighted by Gasteiger charge is -2.58. The smallest absolute Gasteiger partial charge is 0.303 e. The molecule has 1 heterocycles. The van der Waals surface area contributed by atoms with Gasteiger partial charge in [0, 0.05) is 19.8 Å². The van der Waals surface area contributed by atoms with Gasteiger partial charge in [0.25, 0.3) is 0 Å². The fourth-order valence-electron chi connectivity index (χ4n) is 8.83. The van der Waals surface area contributed by atoms with Crippen LogP contribution in [0.15, 0.2) is 24.3 Å². The van der Waals surface area contributed by atoms with E-state index < -0.39 is 42.3 Å². The van der Waals surface area contributed by atoms with Crippen LogP contribution in [0.1, 0.15) is 79.1 Å². The Bertz CT molecular complexity index is 977. The van der Waals surface area contributed by atoms with Crippen LogP contribution in [0.4, 0.5) is 0 Å². The summed E-state index contributed by atoms with van der Waals surface area (Å²) in [5.74, 6) is 1.07. The van der Waals surface area contributed by atoms with Crippen LogP contribution in [0.2, 0.25) is 0 Å². The molecule has 12 unspecified atom stereocenters. The van der Waals surface area contributed by atoms with E-state index in [4.69, 9.17) is 18.9 Å². The van der Waals surface area contributed by atoms with Crippen molar-refractivity contribution < 1.29 is 38.7 Å². The molecule has 12 atom stereocenters. The summed E-state index contributed by atoms with van der Waals surface area (Å²) >= 11 is 0. The SMILES string of the molecule is C=CC1CCC2C3CC=C4CC(OC5OC(C)C(O)C(OC(C)=O)C5O)CCC4(OC(C)=O)C3CCC12C. The number of aliphatic hydroxyl groups is 2. The van der Waals surface area contributed by atoms with E-state index in [1.54, 1.807) is 6.92 Å². The second-order valence-corrected chi connectivity index (χ2v) is 12.6. The molecule has 8 nitrogen and oxygen atoms in total. The zero-order chi connectivity index (χ0) is 27.4. The number of esters is 2. The summed E-state index contributed by atoms with van der Waals surface area (Å²) < 4.78 is 23.5. The van der Waals surface area contributed by atoms with E-state index in [0.29, 0.717) is 37.0 Å². The number of allylic oxidation sites excluding steroid dienone is 2. The molecule has 5 rings (SSSR count). The Morgan fingerprint density at radius 1 is 1.08 bits per heavy atom. The molecule has 4 fully saturated rings. The molecule has 0 aromatic heterocycles. The Kier molecular flexibility index (Phi) is 7.57. The summed E-state index contributed by atoms with van der Waals surface area (Å²) in [6.07, 6.45) is 6.28. The van der Waals surface area contributed by atoms with Gasteiger partial charge in [-0.05, 0) is 87.0 Å². The summed E-state index contributed by atoms with van der Waals surface area (Å²) in [6.45, 7) is 11.0. The van der Waals surface area contributed by atoms with Gasteiger partial charge in [-0.25, -0.2) is 0 Å². The topological polar surface area (TPSA) is 112 Å². The third-order valence-electron chi connectivity index (χ3n) is 10.6. The Hall–Kier alpha value is -1.74. The Balaban J connectivity index is 1.35. The zero-order valence-electron chi connectivity index (χ0n) is 23.1. The Labute approximate surface area is 225 Å². The predicted molar refractivity (Wildman–Crippen MR) is 139 cm³/mol. The molecule has 2 N–H and O–H groups in total. The largest absolute Gasteiger partial charge is 0.457 e. The van der Waals surface area contributed by atoms with Gasteiger partial charge >= 0.3 is 11.9 Å². The maximum atomic E-state index is 12.4. The molecule has 0 amide bonds. The van der Waals surface area contributed by atoms with Crippen LogP contribution >= 0.6 is 0 Å². The minimum absolute atomic E-state index is 0.252. The van der Waals surface area contributed by atoms with Crippen molar-refractivity contribution in [2.75, 3.05) is 0 Å². The van der Waals surface area contributed by atoms with E-state index in [1.165, 1.54) is 26.7 Å². The van der Waals surface area contributed by atoms with Crippen molar-refractivity contribution in [2.24, 2.45) is 29.1 Å². The monoisotopic (exact) mass is 532 g/mol. The molecule has 0 radical (unpaired) electrons. The van der Waals surface area contributed by atoms with Crippen molar-refractivity contribution in [3.63, 3.8) is 0 Å². The second-order valence-electron chi connectivity index (χ2n) is 12.6. The van der Waals surface area contributed by atoms with Crippen molar-refractivity contribution in [3.8, 4) is 0 Å². The third kappa shape index (κ3) is 4.55. The molecule has 0 aromatic carbocycles. The standard InChI is InChI=1S/C30H44O8/c1-6-19-8-10-23-22-9-7-20-15-21(37-28-26(34)27(36-17(3)31)25(33)16(2)35-28)11-14-30(20,38-18(4)32)24(22)12-13-29(19,23)5/h6-7,16,19,21-28,33-34H,1,8-15H2,2-5H3. The normalized spacial score (nSPS) is 48.1. The van der Waals surface area contributed by atoms with Gasteiger partial charge in [-0.1, -0.05) is 19.1 Å². The van der Waals surface area contributed by atoms with Gasteiger partial charge in [0.1, 0.15) is 17.8 Å². The number of ether oxygens (including phenoxy) is 4. The summed E-state index contributed by atoms with van der Waals surface area (Å²) in [5.41, 5.74) is 0.764. The third-order valence-corrected chi connectivity index (χ3v) is 10.6. The average Bonchev–Trinajstić information content (AvgIpc) is 3.21. The predicted octanol–water partition coefficient (Wildman–Crippen LogP) is 3.83. The van der Waals surface area contributed by atoms with E-state index >= 15 is 0 Å². The van der Waals surface area contributed by atoms with Gasteiger partial charge in [0.05, 0.1) is 12.2 Å². The van der Waals surface area contributed by atoms with Gasteiger partial charge in [0.15, 0.2) is 12.4 Å². The van der Waals surface area contributed by atoms with Gasteiger partial charge in [-0.2, -0.15) is 0 Å². The molecule has 38 heavy (non-hydrogen) atoms. The first-order valence-electron chi connectivity index (χ1n) is 14.4. The summed E-state index contributed by atoms with van der Waals surface area (Å²) in [6, 6.07) is 0. The van der Waals surface area contributed by atoms with E-state index in [0.717, 1.165) is 24.8 Å². The van der Waals surface area contributed by atoms with Crippen LogP contribution < -0.4 is 0 Å². The lowest BCUT2D eigenvalue weighted by atomic mass is 9.50. The molecule has 3 saturated carbocycles. The molecule has 0 spiro atoms. The van der Waals surface area contributed by atoms with Crippen molar-refractivity contribution in [1.29, 1.82) is 0 Å². The maximum absolute atomic E-state index is 12.4. The highest BCUT2D eigenvalue weighted by atomic mass is 16.7. The summed E-state index contributed by atoms with van der Waals surface area (Å²) in [7, 11) is 0. The minimum atomic E-state index is -1.31.